The summed E-state index contributed by atoms with van der Waals surface area (Å²) in [4.78, 5) is 100. The summed E-state index contributed by atoms with van der Waals surface area (Å²) in [6.45, 7) is 6.52. The molecule has 0 bridgehead atoms. The molecule has 0 aromatic heterocycles. The topological polar surface area (TPSA) is 354 Å². The van der Waals surface area contributed by atoms with Gasteiger partial charge in [-0.25, -0.2) is 0 Å². The molecule has 0 radical (unpaired) electrons. The number of fused-ring (bicyclic) bond motifs is 2. The summed E-state index contributed by atoms with van der Waals surface area (Å²) in [6.07, 6.45) is -2.10. The fourth-order valence-corrected chi connectivity index (χ4v) is 9.76. The SMILES string of the molecule is CCC(C)CC(C)CCCCCCCCC(=O)N[C@H]1C[C@@H](O)CNC(=O)[C@@H]2[C@@H](O)CCN2C(=O)[C@H]([C@H](O)CCN)NC(=O)C([C@H](O)Cc2ccc(O)cc2)NC(=O)[C@@H]2C[C@@H](O)CN2C(=O)C([C@@H](C)O)NC1=O. The van der Waals surface area contributed by atoms with Gasteiger partial charge in [0.25, 0.3) is 0 Å². The largest absolute Gasteiger partial charge is 0.508 e. The number of rotatable bonds is 20. The Morgan fingerprint density at radius 2 is 1.36 bits per heavy atom. The molecule has 3 fully saturated rings. The highest BCUT2D eigenvalue weighted by molar-refractivity contribution is 5.98. The van der Waals surface area contributed by atoms with Gasteiger partial charge in [0.15, 0.2) is 0 Å². The third-order valence-electron chi connectivity index (χ3n) is 14.1. The lowest BCUT2D eigenvalue weighted by molar-refractivity contribution is -0.147. The van der Waals surface area contributed by atoms with Crippen molar-refractivity contribution in [3.63, 3.8) is 0 Å². The Labute approximate surface area is 422 Å². The number of unbranched alkanes of at least 4 members (excludes halogenated alkanes) is 5. The Morgan fingerprint density at radius 3 is 2.01 bits per heavy atom. The van der Waals surface area contributed by atoms with Crippen LogP contribution < -0.4 is 32.3 Å². The maximum atomic E-state index is 14.3. The Hall–Kier alpha value is -4.97. The molecular weight excluding hydrogens is 937 g/mol. The standard InChI is InChI=1S/C50H82N8O14/c1-5-28(2)22-29(3)12-10-8-6-7-9-11-13-40(66)53-35-24-33(61)26-52-48(70)44-38(64)19-21-57(44)50(72)43(37(63)18-20-51)56-47(69)42(39(65)23-31-14-16-32(60)17-15-31)55-46(68)36-25-34(62)27-58(36)49(71)41(30(4)59)54-45(35)67/h14-17,28-30,33-39,41-44,59-65H,5-13,18-27,51H2,1-4H3,(H,52,70)(H,53,66)(H,54,67)(H,55,68)(H,56,69)/t28?,29?,30-,33-,34-,35+,36+,37-,38+,39-,41?,42?,43+,44+/m1/s1. The molecule has 22 nitrogen and oxygen atoms in total. The molecule has 7 amide bonds. The van der Waals surface area contributed by atoms with E-state index in [4.69, 9.17) is 5.73 Å². The van der Waals surface area contributed by atoms with Crippen LogP contribution in [0.25, 0.3) is 0 Å². The summed E-state index contributed by atoms with van der Waals surface area (Å²) in [5, 5.41) is 89.1. The van der Waals surface area contributed by atoms with Crippen LogP contribution in [-0.2, 0) is 40.0 Å². The number of benzene rings is 1. The molecule has 1 aromatic carbocycles. The number of phenolic OH excluding ortho intramolecular Hbond substituents is 1. The minimum absolute atomic E-state index is 0.0240. The van der Waals surface area contributed by atoms with Crippen molar-refractivity contribution in [1.82, 2.24) is 36.4 Å². The highest BCUT2D eigenvalue weighted by Crippen LogP contribution is 2.25. The van der Waals surface area contributed by atoms with E-state index in [9.17, 15) is 69.3 Å². The molecule has 3 aliphatic heterocycles. The lowest BCUT2D eigenvalue weighted by atomic mass is 9.91. The quantitative estimate of drug-likeness (QED) is 0.0650. The summed E-state index contributed by atoms with van der Waals surface area (Å²) in [6, 6.07) is -4.75. The van der Waals surface area contributed by atoms with E-state index in [2.05, 4.69) is 47.4 Å². The van der Waals surface area contributed by atoms with E-state index in [1.165, 1.54) is 50.5 Å². The van der Waals surface area contributed by atoms with Crippen LogP contribution in [0.15, 0.2) is 24.3 Å². The number of amides is 7. The number of aromatic hydroxyl groups is 1. The predicted molar refractivity (Wildman–Crippen MR) is 263 cm³/mol. The van der Waals surface area contributed by atoms with Gasteiger partial charge in [0.05, 0.1) is 36.6 Å². The third-order valence-corrected chi connectivity index (χ3v) is 14.1. The molecule has 4 unspecified atom stereocenters. The second-order valence-electron chi connectivity index (χ2n) is 20.3. The number of nitrogens with one attached hydrogen (secondary N) is 5. The fourth-order valence-electron chi connectivity index (χ4n) is 9.76. The molecule has 4 rings (SSSR count). The monoisotopic (exact) mass is 1020 g/mol. The van der Waals surface area contributed by atoms with Crippen LogP contribution in [0.1, 0.15) is 123 Å². The zero-order valence-electron chi connectivity index (χ0n) is 42.3. The van der Waals surface area contributed by atoms with E-state index >= 15 is 0 Å². The van der Waals surface area contributed by atoms with E-state index in [1.54, 1.807) is 0 Å². The predicted octanol–water partition coefficient (Wildman–Crippen LogP) is -1.68. The Balaban J connectivity index is 1.63. The molecule has 14 atom stereocenters. The van der Waals surface area contributed by atoms with Gasteiger partial charge in [-0.2, -0.15) is 0 Å². The summed E-state index contributed by atoms with van der Waals surface area (Å²) in [7, 11) is 0. The van der Waals surface area contributed by atoms with Crippen LogP contribution in [0.5, 0.6) is 5.75 Å². The molecule has 406 valence electrons. The summed E-state index contributed by atoms with van der Waals surface area (Å²) < 4.78 is 0. The van der Waals surface area contributed by atoms with E-state index in [-0.39, 0.29) is 50.9 Å². The first-order valence-corrected chi connectivity index (χ1v) is 25.8. The number of aliphatic hydroxyl groups is 6. The van der Waals surface area contributed by atoms with Crippen molar-refractivity contribution in [2.75, 3.05) is 26.2 Å². The van der Waals surface area contributed by atoms with Crippen molar-refractivity contribution in [2.24, 2.45) is 17.6 Å². The van der Waals surface area contributed by atoms with Gasteiger partial charge in [-0.15, -0.1) is 0 Å². The maximum Gasteiger partial charge on any atom is 0.248 e. The second kappa shape index (κ2) is 29.1. The Bertz CT molecular complexity index is 1940. The van der Waals surface area contributed by atoms with E-state index < -0.39 is 134 Å². The minimum Gasteiger partial charge on any atom is -0.508 e. The van der Waals surface area contributed by atoms with Crippen molar-refractivity contribution < 1.29 is 69.3 Å². The summed E-state index contributed by atoms with van der Waals surface area (Å²) in [5.74, 6) is -5.58. The molecule has 14 N–H and O–H groups in total. The number of carbonyl (C=O) groups is 7. The number of hydrogen-bond donors (Lipinski definition) is 13. The summed E-state index contributed by atoms with van der Waals surface area (Å²) >= 11 is 0. The Kier molecular flexibility index (Phi) is 24.0. The highest BCUT2D eigenvalue weighted by Gasteiger charge is 2.48. The lowest BCUT2D eigenvalue weighted by Crippen LogP contribution is -2.64. The van der Waals surface area contributed by atoms with Gasteiger partial charge in [0, 0.05) is 45.3 Å². The van der Waals surface area contributed by atoms with E-state index in [0.717, 1.165) is 41.9 Å². The van der Waals surface area contributed by atoms with Crippen LogP contribution in [0.4, 0.5) is 0 Å². The van der Waals surface area contributed by atoms with Crippen LogP contribution in [0.2, 0.25) is 0 Å². The van der Waals surface area contributed by atoms with E-state index in [1.807, 2.05) is 0 Å². The number of β-amino-alcohol motifs (C(OH)–C–C–N with tert-alkyl or cyclic N) is 1. The van der Waals surface area contributed by atoms with Crippen LogP contribution in [0, 0.1) is 11.8 Å². The normalized spacial score (nSPS) is 28.3. The molecule has 0 spiro atoms. The fraction of sp³-hybridized carbons (Fsp3) is 0.740. The van der Waals surface area contributed by atoms with Crippen molar-refractivity contribution in [3.8, 4) is 5.75 Å². The number of hydrogen-bond acceptors (Lipinski definition) is 15. The smallest absolute Gasteiger partial charge is 0.248 e. The van der Waals surface area contributed by atoms with Gasteiger partial charge in [0.2, 0.25) is 41.4 Å². The zero-order chi connectivity index (χ0) is 53.2. The number of nitrogens with zero attached hydrogens (tertiary/aromatic N) is 2. The van der Waals surface area contributed by atoms with Crippen molar-refractivity contribution >= 4 is 41.4 Å². The van der Waals surface area contributed by atoms with Crippen LogP contribution in [0.3, 0.4) is 0 Å². The molecule has 0 aliphatic carbocycles. The van der Waals surface area contributed by atoms with Gasteiger partial charge in [0.1, 0.15) is 42.0 Å². The minimum atomic E-state index is -1.94. The number of carbonyl (C=O) groups excluding carboxylic acids is 7. The van der Waals surface area contributed by atoms with E-state index in [0.29, 0.717) is 23.8 Å². The molecule has 3 aliphatic rings. The summed E-state index contributed by atoms with van der Waals surface area (Å²) in [5.41, 5.74) is 6.12. The zero-order valence-corrected chi connectivity index (χ0v) is 42.3. The van der Waals surface area contributed by atoms with Gasteiger partial charge < -0.3 is 77.9 Å². The van der Waals surface area contributed by atoms with Crippen molar-refractivity contribution in [2.45, 2.75) is 197 Å². The molecule has 1 aromatic rings. The highest BCUT2D eigenvalue weighted by atomic mass is 16.3. The van der Waals surface area contributed by atoms with Gasteiger partial charge >= 0.3 is 0 Å². The maximum absolute atomic E-state index is 14.3. The average Bonchev–Trinajstić information content (AvgIpc) is 3.93. The molecule has 3 saturated heterocycles. The average molecular weight is 1020 g/mol. The number of nitrogens with two attached hydrogens (primary N) is 1. The first-order valence-electron chi connectivity index (χ1n) is 25.8. The first-order chi connectivity index (χ1) is 34.1. The molecule has 72 heavy (non-hydrogen) atoms. The molecule has 22 heteroatoms. The van der Waals surface area contributed by atoms with Crippen molar-refractivity contribution in [1.29, 1.82) is 0 Å². The van der Waals surface area contributed by atoms with Gasteiger partial charge in [-0.1, -0.05) is 77.8 Å². The van der Waals surface area contributed by atoms with Gasteiger partial charge in [-0.05, 0) is 68.7 Å². The number of phenols is 1. The first kappa shape index (κ1) is 59.6. The molecular formula is C50H82N8O14. The van der Waals surface area contributed by atoms with Crippen LogP contribution in [-0.4, -0.2) is 186 Å². The third kappa shape index (κ3) is 17.6. The lowest BCUT2D eigenvalue weighted by Gasteiger charge is -2.34. The Morgan fingerprint density at radius 1 is 0.736 bits per heavy atom. The van der Waals surface area contributed by atoms with Crippen LogP contribution >= 0.6 is 0 Å². The van der Waals surface area contributed by atoms with Gasteiger partial charge in [-0.3, -0.25) is 33.6 Å². The van der Waals surface area contributed by atoms with Crippen molar-refractivity contribution in [3.05, 3.63) is 29.8 Å². The second-order valence-corrected chi connectivity index (χ2v) is 20.3. The molecule has 3 heterocycles. The molecule has 0 saturated carbocycles. The number of aliphatic hydroxyl groups excluding tert-OH is 6.